The summed E-state index contributed by atoms with van der Waals surface area (Å²) < 4.78 is 4.83. The maximum absolute atomic E-state index is 11.5. The van der Waals surface area contributed by atoms with Crippen molar-refractivity contribution in [3.05, 3.63) is 0 Å². The van der Waals surface area contributed by atoms with Crippen LogP contribution in [0.4, 0.5) is 0 Å². The van der Waals surface area contributed by atoms with Gasteiger partial charge in [0.05, 0.1) is 7.11 Å². The third kappa shape index (κ3) is 1.78. The molecule has 2 aliphatic rings. The van der Waals surface area contributed by atoms with Crippen LogP contribution in [0.3, 0.4) is 0 Å². The van der Waals surface area contributed by atoms with Crippen molar-refractivity contribution in [2.75, 3.05) is 13.7 Å². The number of nitrogens with zero attached hydrogens (tertiary/aromatic N) is 1. The van der Waals surface area contributed by atoms with Crippen molar-refractivity contribution < 1.29 is 9.53 Å². The number of likely N-dealkylation sites (tertiary alicyclic amines) is 1. The Labute approximate surface area is 91.8 Å². The molecule has 0 radical (unpaired) electrons. The van der Waals surface area contributed by atoms with E-state index in [-0.39, 0.29) is 12.0 Å². The van der Waals surface area contributed by atoms with Gasteiger partial charge in [0.2, 0.25) is 0 Å². The predicted octanol–water partition coefficient (Wildman–Crippen LogP) is 1.67. The molecule has 1 heterocycles. The Morgan fingerprint density at radius 2 is 2.00 bits per heavy atom. The zero-order valence-corrected chi connectivity index (χ0v) is 9.90. The fourth-order valence-electron chi connectivity index (χ4n) is 3.00. The minimum Gasteiger partial charge on any atom is -0.468 e. The molecule has 3 nitrogen and oxygen atoms in total. The number of ether oxygens (including phenoxy) is 1. The average Bonchev–Trinajstić information content (AvgIpc) is 2.48. The molecule has 1 saturated heterocycles. The van der Waals surface area contributed by atoms with Gasteiger partial charge in [-0.1, -0.05) is 13.8 Å². The van der Waals surface area contributed by atoms with Crippen molar-refractivity contribution in [1.82, 2.24) is 4.90 Å². The summed E-state index contributed by atoms with van der Waals surface area (Å²) in [6, 6.07) is 0.658. The summed E-state index contributed by atoms with van der Waals surface area (Å²) >= 11 is 0. The van der Waals surface area contributed by atoms with E-state index in [2.05, 4.69) is 18.7 Å². The SMILES string of the molecule is COC(=O)C1CCN1C1CCC(C)C1C. The van der Waals surface area contributed by atoms with E-state index in [4.69, 9.17) is 4.74 Å². The van der Waals surface area contributed by atoms with Crippen molar-refractivity contribution in [3.63, 3.8) is 0 Å². The van der Waals surface area contributed by atoms with Gasteiger partial charge in [-0.3, -0.25) is 9.69 Å². The van der Waals surface area contributed by atoms with Gasteiger partial charge < -0.3 is 4.74 Å². The molecule has 86 valence electrons. The summed E-state index contributed by atoms with van der Waals surface area (Å²) in [7, 11) is 1.49. The van der Waals surface area contributed by atoms with Crippen molar-refractivity contribution in [1.29, 1.82) is 0 Å². The highest BCUT2D eigenvalue weighted by Crippen LogP contribution is 2.38. The second-order valence-corrected chi connectivity index (χ2v) is 5.05. The van der Waals surface area contributed by atoms with Crippen LogP contribution in [0.5, 0.6) is 0 Å². The lowest BCUT2D eigenvalue weighted by atomic mass is 9.91. The van der Waals surface area contributed by atoms with E-state index >= 15 is 0 Å². The Bertz CT molecular complexity index is 254. The lowest BCUT2D eigenvalue weighted by Crippen LogP contribution is -2.58. The van der Waals surface area contributed by atoms with Crippen LogP contribution in [0.1, 0.15) is 33.1 Å². The lowest BCUT2D eigenvalue weighted by molar-refractivity contribution is -0.154. The van der Waals surface area contributed by atoms with E-state index < -0.39 is 0 Å². The molecule has 0 spiro atoms. The van der Waals surface area contributed by atoms with Gasteiger partial charge in [0.15, 0.2) is 0 Å². The molecule has 0 N–H and O–H groups in total. The Morgan fingerprint density at radius 1 is 1.27 bits per heavy atom. The number of carbonyl (C=O) groups excluding carboxylic acids is 1. The molecule has 2 rings (SSSR count). The molecule has 15 heavy (non-hydrogen) atoms. The van der Waals surface area contributed by atoms with Gasteiger partial charge in [-0.2, -0.15) is 0 Å². The number of rotatable bonds is 2. The van der Waals surface area contributed by atoms with Crippen LogP contribution in [-0.4, -0.2) is 36.6 Å². The summed E-state index contributed by atoms with van der Waals surface area (Å²) in [6.07, 6.45) is 3.52. The van der Waals surface area contributed by atoms with Crippen molar-refractivity contribution in [2.24, 2.45) is 11.8 Å². The molecule has 0 bridgehead atoms. The smallest absolute Gasteiger partial charge is 0.323 e. The first kappa shape index (κ1) is 10.9. The third-order valence-corrected chi connectivity index (χ3v) is 4.38. The maximum Gasteiger partial charge on any atom is 0.323 e. The summed E-state index contributed by atoms with van der Waals surface area (Å²) in [5.74, 6) is 1.47. The van der Waals surface area contributed by atoms with Gasteiger partial charge in [-0.25, -0.2) is 0 Å². The van der Waals surface area contributed by atoms with E-state index in [1.54, 1.807) is 0 Å². The molecule has 1 aliphatic carbocycles. The Kier molecular flexibility index (Phi) is 3.01. The quantitative estimate of drug-likeness (QED) is 0.651. The third-order valence-electron chi connectivity index (χ3n) is 4.38. The Balaban J connectivity index is 1.97. The van der Waals surface area contributed by atoms with Crippen LogP contribution in [0.15, 0.2) is 0 Å². The highest BCUT2D eigenvalue weighted by Gasteiger charge is 2.44. The van der Waals surface area contributed by atoms with Crippen LogP contribution in [-0.2, 0) is 9.53 Å². The lowest BCUT2D eigenvalue weighted by Gasteiger charge is -2.44. The molecule has 0 aromatic carbocycles. The van der Waals surface area contributed by atoms with Gasteiger partial charge in [0, 0.05) is 12.6 Å². The number of methoxy groups -OCH3 is 1. The molecule has 0 amide bonds. The predicted molar refractivity (Wildman–Crippen MR) is 58.5 cm³/mol. The summed E-state index contributed by atoms with van der Waals surface area (Å²) in [6.45, 7) is 5.70. The molecule has 4 unspecified atom stereocenters. The number of hydrogen-bond donors (Lipinski definition) is 0. The molecular weight excluding hydrogens is 190 g/mol. The standard InChI is InChI=1S/C12H21NO2/c1-8-4-5-10(9(8)2)13-7-6-11(13)12(14)15-3/h8-11H,4-7H2,1-3H3. The second-order valence-electron chi connectivity index (χ2n) is 5.05. The summed E-state index contributed by atoms with van der Waals surface area (Å²) in [5, 5.41) is 0. The van der Waals surface area contributed by atoms with Crippen LogP contribution in [0.2, 0.25) is 0 Å². The van der Waals surface area contributed by atoms with Crippen LogP contribution < -0.4 is 0 Å². The minimum absolute atomic E-state index is 0.0481. The first-order valence-corrected chi connectivity index (χ1v) is 5.98. The first-order chi connectivity index (χ1) is 7.15. The second kappa shape index (κ2) is 4.12. The van der Waals surface area contributed by atoms with E-state index in [0.717, 1.165) is 24.8 Å². The Hall–Kier alpha value is -0.570. The van der Waals surface area contributed by atoms with Crippen molar-refractivity contribution in [3.8, 4) is 0 Å². The van der Waals surface area contributed by atoms with E-state index in [0.29, 0.717) is 6.04 Å². The largest absolute Gasteiger partial charge is 0.468 e. The molecule has 0 aromatic rings. The summed E-state index contributed by atoms with van der Waals surface area (Å²) in [4.78, 5) is 13.8. The van der Waals surface area contributed by atoms with Gasteiger partial charge in [-0.15, -0.1) is 0 Å². The van der Waals surface area contributed by atoms with E-state index in [1.807, 2.05) is 0 Å². The van der Waals surface area contributed by atoms with Gasteiger partial charge >= 0.3 is 5.97 Å². The number of esters is 1. The fraction of sp³-hybridized carbons (Fsp3) is 0.917. The molecule has 1 aliphatic heterocycles. The van der Waals surface area contributed by atoms with Crippen molar-refractivity contribution in [2.45, 2.75) is 45.2 Å². The number of hydrogen-bond acceptors (Lipinski definition) is 3. The zero-order chi connectivity index (χ0) is 11.0. The van der Waals surface area contributed by atoms with E-state index in [1.165, 1.54) is 20.0 Å². The highest BCUT2D eigenvalue weighted by atomic mass is 16.5. The molecule has 1 saturated carbocycles. The van der Waals surface area contributed by atoms with Crippen LogP contribution in [0.25, 0.3) is 0 Å². The topological polar surface area (TPSA) is 29.5 Å². The molecule has 0 aromatic heterocycles. The first-order valence-electron chi connectivity index (χ1n) is 5.98. The van der Waals surface area contributed by atoms with Crippen LogP contribution in [0, 0.1) is 11.8 Å². The number of carbonyl (C=O) groups is 1. The van der Waals surface area contributed by atoms with Gasteiger partial charge in [-0.05, 0) is 31.1 Å². The fourth-order valence-corrected chi connectivity index (χ4v) is 3.00. The molecule has 2 fully saturated rings. The highest BCUT2D eigenvalue weighted by molar-refractivity contribution is 5.76. The van der Waals surface area contributed by atoms with Gasteiger partial charge in [0.1, 0.15) is 6.04 Å². The maximum atomic E-state index is 11.5. The average molecular weight is 211 g/mol. The molecular formula is C12H21NO2. The summed E-state index contributed by atoms with van der Waals surface area (Å²) in [5.41, 5.74) is 0. The van der Waals surface area contributed by atoms with Crippen molar-refractivity contribution >= 4 is 5.97 Å². The van der Waals surface area contributed by atoms with Gasteiger partial charge in [0.25, 0.3) is 0 Å². The monoisotopic (exact) mass is 211 g/mol. The normalized spacial score (nSPS) is 41.3. The molecule has 3 heteroatoms. The molecule has 4 atom stereocenters. The minimum atomic E-state index is -0.0481. The zero-order valence-electron chi connectivity index (χ0n) is 9.90. The van der Waals surface area contributed by atoms with E-state index in [9.17, 15) is 4.79 Å². The Morgan fingerprint density at radius 3 is 2.40 bits per heavy atom. The van der Waals surface area contributed by atoms with Crippen LogP contribution >= 0.6 is 0 Å².